The number of likely N-dealkylation sites (tertiary alicyclic amines) is 1. The topological polar surface area (TPSA) is 86.4 Å². The van der Waals surface area contributed by atoms with Crippen molar-refractivity contribution in [1.82, 2.24) is 19.8 Å². The van der Waals surface area contributed by atoms with Crippen molar-refractivity contribution in [2.75, 3.05) is 19.6 Å². The molecule has 4 heterocycles. The van der Waals surface area contributed by atoms with E-state index in [1.165, 1.54) is 11.3 Å². The molecule has 2 aliphatic heterocycles. The Morgan fingerprint density at radius 2 is 2.03 bits per heavy atom. The third-order valence-electron chi connectivity index (χ3n) is 6.15. The van der Waals surface area contributed by atoms with Gasteiger partial charge in [0, 0.05) is 37.9 Å². The zero-order valence-electron chi connectivity index (χ0n) is 16.2. The summed E-state index contributed by atoms with van der Waals surface area (Å²) in [6.07, 6.45) is 4.47. The normalized spacial score (nSPS) is 21.7. The number of rotatable bonds is 3. The highest BCUT2D eigenvalue weighted by Crippen LogP contribution is 2.34. The number of H-pyrrole nitrogens is 1. The highest BCUT2D eigenvalue weighted by atomic mass is 32.1. The van der Waals surface area contributed by atoms with Crippen molar-refractivity contribution in [2.24, 2.45) is 5.92 Å². The van der Waals surface area contributed by atoms with E-state index in [-0.39, 0.29) is 29.2 Å². The lowest BCUT2D eigenvalue weighted by atomic mass is 9.96. The van der Waals surface area contributed by atoms with Crippen LogP contribution in [0.2, 0.25) is 0 Å². The molecule has 2 aromatic rings. The molecule has 0 unspecified atom stereocenters. The highest BCUT2D eigenvalue weighted by Gasteiger charge is 2.36. The summed E-state index contributed by atoms with van der Waals surface area (Å²) < 4.78 is 0. The predicted octanol–water partition coefficient (Wildman–Crippen LogP) is 2.15. The van der Waals surface area contributed by atoms with Crippen LogP contribution in [0.4, 0.5) is 0 Å². The Kier molecular flexibility index (Phi) is 4.73. The Morgan fingerprint density at radius 1 is 1.17 bits per heavy atom. The summed E-state index contributed by atoms with van der Waals surface area (Å²) in [7, 11) is 0. The summed E-state index contributed by atoms with van der Waals surface area (Å²) in [5, 5.41) is 1.88. The minimum atomic E-state index is -0.153. The summed E-state index contributed by atoms with van der Waals surface area (Å²) >= 11 is 1.42. The molecule has 1 aliphatic carbocycles. The molecule has 1 N–H and O–H groups in total. The van der Waals surface area contributed by atoms with E-state index in [4.69, 9.17) is 4.98 Å². The first-order valence-corrected chi connectivity index (χ1v) is 11.2. The maximum absolute atomic E-state index is 12.8. The van der Waals surface area contributed by atoms with E-state index in [0.717, 1.165) is 37.9 Å². The molecule has 1 saturated carbocycles. The molecule has 29 heavy (non-hydrogen) atoms. The van der Waals surface area contributed by atoms with Gasteiger partial charge in [0.05, 0.1) is 22.7 Å². The second-order valence-electron chi connectivity index (χ2n) is 8.23. The second kappa shape index (κ2) is 7.40. The third-order valence-corrected chi connectivity index (χ3v) is 7.01. The fourth-order valence-corrected chi connectivity index (χ4v) is 5.05. The molecule has 5 rings (SSSR count). The maximum Gasteiger partial charge on any atom is 0.264 e. The van der Waals surface area contributed by atoms with Crippen molar-refractivity contribution in [3.8, 4) is 0 Å². The van der Waals surface area contributed by atoms with E-state index in [0.29, 0.717) is 42.3 Å². The number of piperidine rings is 1. The SMILES string of the molecule is O=C(c1cccs1)N1CCc2nc([C@@H]3CCCN(C(=O)C4CC4)C3)[nH]c(=O)c2C1. The van der Waals surface area contributed by atoms with Crippen LogP contribution in [0.3, 0.4) is 0 Å². The zero-order valence-corrected chi connectivity index (χ0v) is 17.0. The van der Waals surface area contributed by atoms with Crippen molar-refractivity contribution >= 4 is 23.2 Å². The van der Waals surface area contributed by atoms with Crippen molar-refractivity contribution in [2.45, 2.75) is 44.6 Å². The minimum Gasteiger partial charge on any atom is -0.342 e. The van der Waals surface area contributed by atoms with Crippen molar-refractivity contribution in [3.05, 3.63) is 49.8 Å². The van der Waals surface area contributed by atoms with Gasteiger partial charge in [0.25, 0.3) is 11.5 Å². The quantitative estimate of drug-likeness (QED) is 0.837. The Morgan fingerprint density at radius 3 is 2.79 bits per heavy atom. The van der Waals surface area contributed by atoms with Crippen LogP contribution in [-0.2, 0) is 17.8 Å². The van der Waals surface area contributed by atoms with Crippen LogP contribution >= 0.6 is 11.3 Å². The van der Waals surface area contributed by atoms with Gasteiger partial charge in [0.15, 0.2) is 0 Å². The largest absolute Gasteiger partial charge is 0.342 e. The van der Waals surface area contributed by atoms with Gasteiger partial charge in [-0.1, -0.05) is 6.07 Å². The van der Waals surface area contributed by atoms with Gasteiger partial charge in [-0.25, -0.2) is 4.98 Å². The second-order valence-corrected chi connectivity index (χ2v) is 9.18. The number of thiophene rings is 1. The molecule has 0 bridgehead atoms. The molecule has 2 amide bonds. The van der Waals surface area contributed by atoms with Crippen LogP contribution < -0.4 is 5.56 Å². The van der Waals surface area contributed by atoms with Gasteiger partial charge in [-0.3, -0.25) is 14.4 Å². The minimum absolute atomic E-state index is 0.0318. The van der Waals surface area contributed by atoms with Gasteiger partial charge >= 0.3 is 0 Å². The van der Waals surface area contributed by atoms with Gasteiger partial charge < -0.3 is 14.8 Å². The number of aromatic nitrogens is 2. The first-order valence-electron chi connectivity index (χ1n) is 10.3. The molecule has 1 saturated heterocycles. The van der Waals surface area contributed by atoms with Gasteiger partial charge in [-0.2, -0.15) is 0 Å². The summed E-state index contributed by atoms with van der Waals surface area (Å²) in [5.74, 6) is 1.22. The highest BCUT2D eigenvalue weighted by molar-refractivity contribution is 7.12. The van der Waals surface area contributed by atoms with Crippen LogP contribution in [-0.4, -0.2) is 51.2 Å². The number of hydrogen-bond acceptors (Lipinski definition) is 5. The molecule has 7 nitrogen and oxygen atoms in total. The fourth-order valence-electron chi connectivity index (χ4n) is 4.36. The molecule has 0 radical (unpaired) electrons. The number of fused-ring (bicyclic) bond motifs is 1. The molecule has 2 aromatic heterocycles. The standard InChI is InChI=1S/C21H24N4O3S/c26-19-15-12-25(21(28)17-4-2-10-29-17)9-7-16(15)22-18(23-19)14-3-1-8-24(11-14)20(27)13-5-6-13/h2,4,10,13-14H,1,3,5-9,11-12H2,(H,22,23,26)/t14-/m1/s1. The van der Waals surface area contributed by atoms with Crippen molar-refractivity contribution in [3.63, 3.8) is 0 Å². The number of nitrogens with one attached hydrogen (secondary N) is 1. The zero-order chi connectivity index (χ0) is 20.0. The fraction of sp³-hybridized carbons (Fsp3) is 0.524. The maximum atomic E-state index is 12.8. The Balaban J connectivity index is 1.34. The molecule has 0 aromatic carbocycles. The molecule has 1 atom stereocenters. The molecule has 152 valence electrons. The number of hydrogen-bond donors (Lipinski definition) is 1. The van der Waals surface area contributed by atoms with Gasteiger partial charge in [0.2, 0.25) is 5.91 Å². The molecule has 3 aliphatic rings. The van der Waals surface area contributed by atoms with Crippen LogP contribution in [0.1, 0.15) is 58.4 Å². The first-order chi connectivity index (χ1) is 14.1. The van der Waals surface area contributed by atoms with E-state index in [1.807, 2.05) is 22.4 Å². The average molecular weight is 413 g/mol. The molecule has 0 spiro atoms. The Bertz CT molecular complexity index is 996. The van der Waals surface area contributed by atoms with Crippen LogP contribution in [0.15, 0.2) is 22.3 Å². The molecule has 8 heteroatoms. The van der Waals surface area contributed by atoms with E-state index < -0.39 is 0 Å². The van der Waals surface area contributed by atoms with E-state index in [1.54, 1.807) is 4.90 Å². The van der Waals surface area contributed by atoms with Gasteiger partial charge in [-0.15, -0.1) is 11.3 Å². The van der Waals surface area contributed by atoms with Crippen LogP contribution in [0, 0.1) is 5.92 Å². The summed E-state index contributed by atoms with van der Waals surface area (Å²) in [6, 6.07) is 3.67. The number of nitrogens with zero attached hydrogens (tertiary/aromatic N) is 3. The van der Waals surface area contributed by atoms with E-state index in [9.17, 15) is 14.4 Å². The summed E-state index contributed by atoms with van der Waals surface area (Å²) in [4.78, 5) is 50.0. The summed E-state index contributed by atoms with van der Waals surface area (Å²) in [5.41, 5.74) is 1.23. The van der Waals surface area contributed by atoms with E-state index in [2.05, 4.69) is 4.98 Å². The smallest absolute Gasteiger partial charge is 0.264 e. The Hall–Kier alpha value is -2.48. The number of carbonyl (C=O) groups is 2. The lowest BCUT2D eigenvalue weighted by Gasteiger charge is -2.33. The predicted molar refractivity (Wildman–Crippen MR) is 109 cm³/mol. The van der Waals surface area contributed by atoms with Crippen molar-refractivity contribution in [1.29, 1.82) is 0 Å². The Labute approximate surface area is 172 Å². The third kappa shape index (κ3) is 3.61. The lowest BCUT2D eigenvalue weighted by Crippen LogP contribution is -2.42. The molecule has 2 fully saturated rings. The molecular formula is C21H24N4O3S. The van der Waals surface area contributed by atoms with Crippen LogP contribution in [0.5, 0.6) is 0 Å². The monoisotopic (exact) mass is 412 g/mol. The lowest BCUT2D eigenvalue weighted by molar-refractivity contribution is -0.133. The van der Waals surface area contributed by atoms with Crippen molar-refractivity contribution < 1.29 is 9.59 Å². The number of amides is 2. The van der Waals surface area contributed by atoms with Crippen LogP contribution in [0.25, 0.3) is 0 Å². The van der Waals surface area contributed by atoms with Gasteiger partial charge in [-0.05, 0) is 37.1 Å². The summed E-state index contributed by atoms with van der Waals surface area (Å²) in [6.45, 7) is 2.31. The van der Waals surface area contributed by atoms with E-state index >= 15 is 0 Å². The van der Waals surface area contributed by atoms with Gasteiger partial charge in [0.1, 0.15) is 5.82 Å². The average Bonchev–Trinajstić information content (AvgIpc) is 3.46. The number of aromatic amines is 1. The number of carbonyl (C=O) groups excluding carboxylic acids is 2. The first kappa shape index (κ1) is 18.5. The molecular weight excluding hydrogens is 388 g/mol.